The number of hydrogen-bond donors (Lipinski definition) is 0. The minimum absolute atomic E-state index is 0.0242. The van der Waals surface area contributed by atoms with Crippen LogP contribution in [0.25, 0.3) is 11.4 Å². The van der Waals surface area contributed by atoms with Gasteiger partial charge in [0, 0.05) is 12.4 Å². The largest absolute Gasteiger partial charge is 0.267 e. The Morgan fingerprint density at radius 3 is 2.46 bits per heavy atom. The van der Waals surface area contributed by atoms with Crippen LogP contribution in [0.15, 0.2) is 48.8 Å². The van der Waals surface area contributed by atoms with Gasteiger partial charge in [-0.3, -0.25) is 9.67 Å². The third-order valence-electron chi connectivity index (χ3n) is 4.75. The maximum absolute atomic E-state index is 4.71. The van der Waals surface area contributed by atoms with Crippen LogP contribution in [-0.2, 0) is 12.0 Å². The second-order valence-electron chi connectivity index (χ2n) is 8.34. The smallest absolute Gasteiger partial charge is 0.111 e. The Morgan fingerprint density at radius 2 is 1.81 bits per heavy atom. The zero-order valence-electron chi connectivity index (χ0n) is 16.7. The highest BCUT2D eigenvalue weighted by atomic mass is 15.3. The maximum atomic E-state index is 4.71. The first-order valence-electron chi connectivity index (χ1n) is 9.35. The summed E-state index contributed by atoms with van der Waals surface area (Å²) < 4.78 is 1.99. The molecule has 3 aromatic rings. The van der Waals surface area contributed by atoms with Crippen molar-refractivity contribution in [3.05, 3.63) is 71.0 Å². The van der Waals surface area contributed by atoms with Crippen LogP contribution in [0.4, 0.5) is 0 Å². The summed E-state index contributed by atoms with van der Waals surface area (Å²) >= 11 is 0. The van der Waals surface area contributed by atoms with E-state index in [9.17, 15) is 0 Å². The molecule has 0 atom stereocenters. The summed E-state index contributed by atoms with van der Waals surface area (Å²) in [5.41, 5.74) is 7.34. The monoisotopic (exact) mass is 347 g/mol. The van der Waals surface area contributed by atoms with E-state index in [0.29, 0.717) is 5.92 Å². The van der Waals surface area contributed by atoms with Gasteiger partial charge in [-0.15, -0.1) is 0 Å². The molecule has 0 saturated carbocycles. The lowest BCUT2D eigenvalue weighted by Gasteiger charge is -2.18. The SMILES string of the molecule is Cc1cccc(Cc2ccnc(-c3ccn(C(C)(C)C)n3)c2)c1C(C)C. The molecule has 0 radical (unpaired) electrons. The minimum atomic E-state index is -0.0242. The molecule has 136 valence electrons. The van der Waals surface area contributed by atoms with Crippen LogP contribution in [0.5, 0.6) is 0 Å². The number of pyridine rings is 1. The van der Waals surface area contributed by atoms with E-state index < -0.39 is 0 Å². The average Bonchev–Trinajstić information content (AvgIpc) is 3.05. The first-order valence-corrected chi connectivity index (χ1v) is 9.35. The molecule has 0 N–H and O–H groups in total. The lowest BCUT2D eigenvalue weighted by Crippen LogP contribution is -2.22. The van der Waals surface area contributed by atoms with Crippen molar-refractivity contribution in [3.63, 3.8) is 0 Å². The fourth-order valence-electron chi connectivity index (χ4n) is 3.50. The van der Waals surface area contributed by atoms with Crippen molar-refractivity contribution >= 4 is 0 Å². The normalized spacial score (nSPS) is 12.0. The van der Waals surface area contributed by atoms with Crippen molar-refractivity contribution in [1.29, 1.82) is 0 Å². The molecule has 0 bridgehead atoms. The Kier molecular flexibility index (Phi) is 4.99. The molecule has 1 aromatic carbocycles. The summed E-state index contributed by atoms with van der Waals surface area (Å²) in [5.74, 6) is 0.523. The van der Waals surface area contributed by atoms with Gasteiger partial charge in [0.25, 0.3) is 0 Å². The second-order valence-corrected chi connectivity index (χ2v) is 8.34. The van der Waals surface area contributed by atoms with Gasteiger partial charge in [0.2, 0.25) is 0 Å². The molecule has 3 heteroatoms. The molecule has 0 spiro atoms. The Balaban J connectivity index is 1.92. The van der Waals surface area contributed by atoms with Crippen LogP contribution < -0.4 is 0 Å². The van der Waals surface area contributed by atoms with E-state index in [1.54, 1.807) is 0 Å². The summed E-state index contributed by atoms with van der Waals surface area (Å²) in [7, 11) is 0. The minimum Gasteiger partial charge on any atom is -0.267 e. The summed E-state index contributed by atoms with van der Waals surface area (Å²) in [4.78, 5) is 4.55. The van der Waals surface area contributed by atoms with Gasteiger partial charge in [0.1, 0.15) is 5.69 Å². The quantitative estimate of drug-likeness (QED) is 0.604. The van der Waals surface area contributed by atoms with Crippen molar-refractivity contribution in [1.82, 2.24) is 14.8 Å². The van der Waals surface area contributed by atoms with Crippen molar-refractivity contribution in [2.45, 2.75) is 59.4 Å². The Hall–Kier alpha value is -2.42. The van der Waals surface area contributed by atoms with Crippen molar-refractivity contribution in [2.24, 2.45) is 0 Å². The van der Waals surface area contributed by atoms with Gasteiger partial charge < -0.3 is 0 Å². The third kappa shape index (κ3) is 3.87. The highest BCUT2D eigenvalue weighted by Crippen LogP contribution is 2.26. The Bertz CT molecular complexity index is 898. The second kappa shape index (κ2) is 7.06. The van der Waals surface area contributed by atoms with E-state index >= 15 is 0 Å². The zero-order valence-corrected chi connectivity index (χ0v) is 16.7. The summed E-state index contributed by atoms with van der Waals surface area (Å²) in [6.07, 6.45) is 4.84. The van der Waals surface area contributed by atoms with Gasteiger partial charge in [-0.05, 0) is 80.5 Å². The molecule has 0 saturated heterocycles. The zero-order chi connectivity index (χ0) is 18.9. The first kappa shape index (κ1) is 18.4. The molecular weight excluding hydrogens is 318 g/mol. The molecule has 3 nitrogen and oxygen atoms in total. The lowest BCUT2D eigenvalue weighted by atomic mass is 9.89. The van der Waals surface area contributed by atoms with Crippen LogP contribution in [0, 0.1) is 6.92 Å². The van der Waals surface area contributed by atoms with E-state index in [1.807, 2.05) is 23.1 Å². The number of nitrogens with zero attached hydrogens (tertiary/aromatic N) is 3. The average molecular weight is 348 g/mol. The van der Waals surface area contributed by atoms with Crippen LogP contribution in [0.3, 0.4) is 0 Å². The maximum Gasteiger partial charge on any atom is 0.111 e. The fourth-order valence-corrected chi connectivity index (χ4v) is 3.50. The number of benzene rings is 1. The van der Waals surface area contributed by atoms with Crippen LogP contribution in [0.1, 0.15) is 62.8 Å². The topological polar surface area (TPSA) is 30.7 Å². The van der Waals surface area contributed by atoms with Gasteiger partial charge in [-0.25, -0.2) is 0 Å². The molecule has 0 amide bonds. The standard InChI is InChI=1S/C23H29N3/c1-16(2)22-17(3)8-7-9-19(22)14-18-10-12-24-21(15-18)20-11-13-26(25-20)23(4,5)6/h7-13,15-16H,14H2,1-6H3. The van der Waals surface area contributed by atoms with Gasteiger partial charge in [-0.2, -0.15) is 5.10 Å². The molecule has 0 aliphatic carbocycles. The van der Waals surface area contributed by atoms with E-state index in [2.05, 4.69) is 76.9 Å². The van der Waals surface area contributed by atoms with Crippen LogP contribution >= 0.6 is 0 Å². The van der Waals surface area contributed by atoms with E-state index in [0.717, 1.165) is 17.8 Å². The molecule has 2 aromatic heterocycles. The van der Waals surface area contributed by atoms with Crippen molar-refractivity contribution in [2.75, 3.05) is 0 Å². The van der Waals surface area contributed by atoms with Gasteiger partial charge in [0.15, 0.2) is 0 Å². The molecule has 26 heavy (non-hydrogen) atoms. The fraction of sp³-hybridized carbons (Fsp3) is 0.391. The van der Waals surface area contributed by atoms with Crippen LogP contribution in [-0.4, -0.2) is 14.8 Å². The predicted molar refractivity (Wildman–Crippen MR) is 109 cm³/mol. The summed E-state index contributed by atoms with van der Waals surface area (Å²) in [6, 6.07) is 12.9. The molecule has 2 heterocycles. The van der Waals surface area contributed by atoms with Gasteiger partial charge >= 0.3 is 0 Å². The molecular formula is C23H29N3. The predicted octanol–water partition coefficient (Wildman–Crippen LogP) is 5.72. The van der Waals surface area contributed by atoms with Gasteiger partial charge in [0.05, 0.1) is 11.2 Å². The molecule has 0 unspecified atom stereocenters. The van der Waals surface area contributed by atoms with Crippen molar-refractivity contribution < 1.29 is 0 Å². The molecule has 0 aliphatic rings. The molecule has 0 fully saturated rings. The first-order chi connectivity index (χ1) is 12.3. The highest BCUT2D eigenvalue weighted by molar-refractivity contribution is 5.55. The number of hydrogen-bond acceptors (Lipinski definition) is 2. The van der Waals surface area contributed by atoms with E-state index in [-0.39, 0.29) is 5.54 Å². The van der Waals surface area contributed by atoms with Crippen LogP contribution in [0.2, 0.25) is 0 Å². The molecule has 0 aliphatic heterocycles. The Morgan fingerprint density at radius 1 is 1.04 bits per heavy atom. The van der Waals surface area contributed by atoms with Crippen molar-refractivity contribution in [3.8, 4) is 11.4 Å². The molecule has 3 rings (SSSR count). The number of aromatic nitrogens is 3. The number of aryl methyl sites for hydroxylation is 1. The van der Waals surface area contributed by atoms with E-state index in [1.165, 1.54) is 22.3 Å². The van der Waals surface area contributed by atoms with E-state index in [4.69, 9.17) is 5.10 Å². The third-order valence-corrected chi connectivity index (χ3v) is 4.75. The van der Waals surface area contributed by atoms with Gasteiger partial charge in [-0.1, -0.05) is 32.0 Å². The summed E-state index contributed by atoms with van der Waals surface area (Å²) in [5, 5.41) is 4.71. The highest BCUT2D eigenvalue weighted by Gasteiger charge is 2.15. The number of rotatable bonds is 4. The summed E-state index contributed by atoms with van der Waals surface area (Å²) in [6.45, 7) is 13.2. The lowest BCUT2D eigenvalue weighted by molar-refractivity contribution is 0.356. The Labute approximate surface area is 157 Å².